The fourth-order valence-electron chi connectivity index (χ4n) is 1.93. The second kappa shape index (κ2) is 16.0. The Hall–Kier alpha value is -1.33. The molecule has 0 aliphatic rings. The highest BCUT2D eigenvalue weighted by atomic mass is 15.1. The Morgan fingerprint density at radius 3 is 2.18 bits per heavy atom. The first-order chi connectivity index (χ1) is 10.4. The minimum atomic E-state index is 0.475. The molecule has 0 saturated carbocycles. The summed E-state index contributed by atoms with van der Waals surface area (Å²) in [5, 5.41) is 8.65. The Morgan fingerprint density at radius 2 is 1.73 bits per heavy atom. The summed E-state index contributed by atoms with van der Waals surface area (Å²) in [5.74, 6) is 0.660. The molecule has 0 amide bonds. The fraction of sp³-hybridized carbons (Fsp3) is 0.650. The average Bonchev–Trinajstić information content (AvgIpc) is 2.45. The maximum atomic E-state index is 8.65. The van der Waals surface area contributed by atoms with Crippen LogP contribution in [-0.2, 0) is 0 Å². The molecule has 0 radical (unpaired) electrons. The smallest absolute Gasteiger partial charge is 0.0985 e. The van der Waals surface area contributed by atoms with Gasteiger partial charge in [-0.15, -0.1) is 0 Å². The summed E-state index contributed by atoms with van der Waals surface area (Å²) in [6.45, 7) is 21.7. The van der Waals surface area contributed by atoms with E-state index in [2.05, 4.69) is 52.7 Å². The van der Waals surface area contributed by atoms with Crippen LogP contribution < -0.4 is 0 Å². The first-order valence-electron chi connectivity index (χ1n) is 8.58. The number of hydrogen-bond donors (Lipinski definition) is 0. The number of hydrogen-bond acceptors (Lipinski definition) is 2. The van der Waals surface area contributed by atoms with Crippen molar-refractivity contribution in [3.63, 3.8) is 0 Å². The van der Waals surface area contributed by atoms with Gasteiger partial charge in [0.2, 0.25) is 0 Å². The maximum Gasteiger partial charge on any atom is 0.0985 e. The van der Waals surface area contributed by atoms with Crippen molar-refractivity contribution in [3.8, 4) is 6.07 Å². The van der Waals surface area contributed by atoms with Gasteiger partial charge in [-0.3, -0.25) is 4.90 Å². The topological polar surface area (TPSA) is 27.0 Å². The fourth-order valence-corrected chi connectivity index (χ4v) is 1.93. The number of nitriles is 1. The quantitative estimate of drug-likeness (QED) is 0.292. The third-order valence-electron chi connectivity index (χ3n) is 2.79. The lowest BCUT2D eigenvalue weighted by Crippen LogP contribution is -2.30. The summed E-state index contributed by atoms with van der Waals surface area (Å²) in [4.78, 5) is 2.45. The molecule has 0 saturated heterocycles. The highest BCUT2D eigenvalue weighted by Crippen LogP contribution is 2.07. The van der Waals surface area contributed by atoms with Crippen molar-refractivity contribution in [1.82, 2.24) is 4.90 Å². The molecule has 126 valence electrons. The van der Waals surface area contributed by atoms with Crippen molar-refractivity contribution in [2.45, 2.75) is 60.3 Å². The molecule has 2 nitrogen and oxygen atoms in total. The van der Waals surface area contributed by atoms with Gasteiger partial charge in [-0.1, -0.05) is 73.1 Å². The highest BCUT2D eigenvalue weighted by molar-refractivity contribution is 5.33. The zero-order valence-corrected chi connectivity index (χ0v) is 15.5. The molecule has 0 bridgehead atoms. The number of rotatable bonds is 10. The van der Waals surface area contributed by atoms with Crippen LogP contribution in [0.3, 0.4) is 0 Å². The zero-order valence-electron chi connectivity index (χ0n) is 15.5. The first kappa shape index (κ1) is 22.9. The van der Waals surface area contributed by atoms with E-state index >= 15 is 0 Å². The summed E-state index contributed by atoms with van der Waals surface area (Å²) in [5.41, 5.74) is 1.51. The first-order valence-corrected chi connectivity index (χ1v) is 8.58. The monoisotopic (exact) mass is 304 g/mol. The Kier molecular flexibility index (Phi) is 16.7. The Labute approximate surface area is 139 Å². The van der Waals surface area contributed by atoms with E-state index < -0.39 is 0 Å². The lowest BCUT2D eigenvalue weighted by molar-refractivity contribution is 0.259. The molecule has 0 rings (SSSR count). The molecular formula is C20H36N2. The van der Waals surface area contributed by atoms with Gasteiger partial charge in [0.15, 0.2) is 0 Å². The van der Waals surface area contributed by atoms with Crippen molar-refractivity contribution in [2.75, 3.05) is 19.6 Å². The normalized spacial score (nSPS) is 10.5. The average molecular weight is 305 g/mol. The van der Waals surface area contributed by atoms with Gasteiger partial charge in [-0.05, 0) is 30.5 Å². The number of allylic oxidation sites excluding steroid dienone is 2. The largest absolute Gasteiger partial charge is 0.299 e. The van der Waals surface area contributed by atoms with E-state index in [4.69, 9.17) is 5.26 Å². The van der Waals surface area contributed by atoms with Crippen LogP contribution in [-0.4, -0.2) is 24.5 Å². The van der Waals surface area contributed by atoms with Crippen LogP contribution in [0.1, 0.15) is 60.3 Å². The Balaban J connectivity index is 0. The van der Waals surface area contributed by atoms with Crippen LogP contribution >= 0.6 is 0 Å². The molecule has 0 fully saturated rings. The van der Waals surface area contributed by atoms with Gasteiger partial charge in [-0.25, -0.2) is 0 Å². The Morgan fingerprint density at radius 1 is 1.14 bits per heavy atom. The molecule has 0 atom stereocenters. The van der Waals surface area contributed by atoms with Crippen molar-refractivity contribution < 1.29 is 0 Å². The minimum Gasteiger partial charge on any atom is -0.299 e. The van der Waals surface area contributed by atoms with Crippen molar-refractivity contribution >= 4 is 0 Å². The molecular weight excluding hydrogens is 268 g/mol. The van der Waals surface area contributed by atoms with Crippen molar-refractivity contribution in [1.29, 1.82) is 5.26 Å². The van der Waals surface area contributed by atoms with Gasteiger partial charge in [0.25, 0.3) is 0 Å². The summed E-state index contributed by atoms with van der Waals surface area (Å²) >= 11 is 0. The molecule has 0 spiro atoms. The molecule has 2 heteroatoms. The van der Waals surface area contributed by atoms with Crippen LogP contribution in [0.4, 0.5) is 0 Å². The lowest BCUT2D eigenvalue weighted by atomic mass is 10.1. The summed E-state index contributed by atoms with van der Waals surface area (Å²) in [7, 11) is 0. The van der Waals surface area contributed by atoms with E-state index in [0.717, 1.165) is 25.2 Å². The second-order valence-electron chi connectivity index (χ2n) is 6.17. The standard InChI is InChI=1S/C17H28N2.C3H8/c1-6-7-8-11-19(13-15(2)3)14-17(5)10-9-16(4)12-18;1-3-2/h9-10,15H,4-8,11,13-14H2,1-3H3;3H2,1-2H3/b10-9-;. The minimum absolute atomic E-state index is 0.475. The van der Waals surface area contributed by atoms with E-state index in [1.807, 2.05) is 12.1 Å². The molecule has 0 aromatic rings. The molecule has 0 aliphatic carbocycles. The van der Waals surface area contributed by atoms with Gasteiger partial charge in [0.05, 0.1) is 6.07 Å². The van der Waals surface area contributed by atoms with Crippen molar-refractivity contribution in [3.05, 3.63) is 36.5 Å². The van der Waals surface area contributed by atoms with Crippen LogP contribution in [0.5, 0.6) is 0 Å². The van der Waals surface area contributed by atoms with Crippen LogP contribution in [0.2, 0.25) is 0 Å². The third kappa shape index (κ3) is 16.7. The number of nitrogens with zero attached hydrogens (tertiary/aromatic N) is 2. The van der Waals surface area contributed by atoms with E-state index in [-0.39, 0.29) is 0 Å². The summed E-state index contributed by atoms with van der Waals surface area (Å²) < 4.78 is 0. The third-order valence-corrected chi connectivity index (χ3v) is 2.79. The van der Waals surface area contributed by atoms with Gasteiger partial charge in [0.1, 0.15) is 0 Å². The molecule has 0 unspecified atom stereocenters. The summed E-state index contributed by atoms with van der Waals surface area (Å²) in [6, 6.07) is 2.01. The predicted molar refractivity (Wildman–Crippen MR) is 99.8 cm³/mol. The van der Waals surface area contributed by atoms with E-state index in [0.29, 0.717) is 11.5 Å². The zero-order chi connectivity index (χ0) is 17.4. The van der Waals surface area contributed by atoms with Crippen LogP contribution in [0, 0.1) is 17.2 Å². The Bertz CT molecular complexity index is 358. The van der Waals surface area contributed by atoms with E-state index in [1.165, 1.54) is 25.7 Å². The summed E-state index contributed by atoms with van der Waals surface area (Å²) in [6.07, 6.45) is 8.66. The predicted octanol–water partition coefficient (Wildman–Crippen LogP) is 5.74. The van der Waals surface area contributed by atoms with E-state index in [1.54, 1.807) is 6.08 Å². The number of unbranched alkanes of at least 4 members (excludes halogenated alkanes) is 2. The van der Waals surface area contributed by atoms with Gasteiger partial charge < -0.3 is 0 Å². The maximum absolute atomic E-state index is 8.65. The van der Waals surface area contributed by atoms with Crippen LogP contribution in [0.15, 0.2) is 36.5 Å². The second-order valence-corrected chi connectivity index (χ2v) is 6.17. The van der Waals surface area contributed by atoms with Gasteiger partial charge in [0, 0.05) is 18.7 Å². The van der Waals surface area contributed by atoms with Gasteiger partial charge >= 0.3 is 0 Å². The van der Waals surface area contributed by atoms with Gasteiger partial charge in [-0.2, -0.15) is 5.26 Å². The van der Waals surface area contributed by atoms with Crippen molar-refractivity contribution in [2.24, 2.45) is 5.92 Å². The van der Waals surface area contributed by atoms with Crippen LogP contribution in [0.25, 0.3) is 0 Å². The molecule has 0 N–H and O–H groups in total. The molecule has 0 aromatic carbocycles. The SMILES string of the molecule is C=C(C#N)/C=C\C(=C)CN(CCCCC)CC(C)C.CCC. The molecule has 0 aliphatic heterocycles. The highest BCUT2D eigenvalue weighted by Gasteiger charge is 2.07. The lowest BCUT2D eigenvalue weighted by Gasteiger charge is -2.24. The molecule has 0 heterocycles. The molecule has 22 heavy (non-hydrogen) atoms. The molecule has 0 aromatic heterocycles. The van der Waals surface area contributed by atoms with E-state index in [9.17, 15) is 0 Å².